The van der Waals surface area contributed by atoms with E-state index in [1.807, 2.05) is 6.07 Å². The zero-order valence-corrected chi connectivity index (χ0v) is 24.3. The van der Waals surface area contributed by atoms with Gasteiger partial charge in [-0.15, -0.1) is 0 Å². The van der Waals surface area contributed by atoms with Gasteiger partial charge in [0.2, 0.25) is 5.96 Å². The Kier molecular flexibility index (Phi) is 13.0. The van der Waals surface area contributed by atoms with E-state index in [1.54, 1.807) is 53.7 Å². The molecule has 40 heavy (non-hydrogen) atoms. The Morgan fingerprint density at radius 3 is 1.80 bits per heavy atom. The van der Waals surface area contributed by atoms with Gasteiger partial charge in [-0.2, -0.15) is 9.59 Å². The number of nitrogens with one attached hydrogen (secondary N) is 2. The highest BCUT2D eigenvalue weighted by atomic mass is 35.5. The van der Waals surface area contributed by atoms with E-state index in [0.29, 0.717) is 16.5 Å². The van der Waals surface area contributed by atoms with Gasteiger partial charge in [0.05, 0.1) is 11.3 Å². The first-order chi connectivity index (χ1) is 18.6. The minimum Gasteiger partial charge on any atom is -0.444 e. The number of esters is 1. The largest absolute Gasteiger partial charge is 0.444 e. The van der Waals surface area contributed by atoms with Crippen LogP contribution in [0.25, 0.3) is 0 Å². The quantitative estimate of drug-likeness (QED) is 0.192. The van der Waals surface area contributed by atoms with Crippen molar-refractivity contribution >= 4 is 47.6 Å². The van der Waals surface area contributed by atoms with Gasteiger partial charge in [-0.3, -0.25) is 10.6 Å². The fraction of sp³-hybridized carbons (Fsp3) is 0.393. The highest BCUT2D eigenvalue weighted by molar-refractivity contribution is 6.31. The second kappa shape index (κ2) is 15.4. The van der Waals surface area contributed by atoms with E-state index in [0.717, 1.165) is 18.4 Å². The summed E-state index contributed by atoms with van der Waals surface area (Å²) in [5, 5.41) is 5.34. The van der Waals surface area contributed by atoms with E-state index >= 15 is 0 Å². The molecule has 216 valence electrons. The van der Waals surface area contributed by atoms with Gasteiger partial charge >= 0.3 is 24.3 Å². The van der Waals surface area contributed by atoms with Crippen molar-refractivity contribution in [3.63, 3.8) is 0 Å². The number of hydrogen-bond acceptors (Lipinski definition) is 9. The third kappa shape index (κ3) is 13.5. The van der Waals surface area contributed by atoms with E-state index in [-0.39, 0.29) is 17.7 Å². The molecule has 0 heterocycles. The fourth-order valence-corrected chi connectivity index (χ4v) is 3.18. The lowest BCUT2D eigenvalue weighted by molar-refractivity contribution is -0.191. The van der Waals surface area contributed by atoms with E-state index in [9.17, 15) is 14.4 Å². The van der Waals surface area contributed by atoms with Crippen molar-refractivity contribution in [1.29, 1.82) is 0 Å². The molecule has 0 unspecified atom stereocenters. The second-order valence-electron chi connectivity index (χ2n) is 10.2. The van der Waals surface area contributed by atoms with Crippen LogP contribution in [0, 0.1) is 0 Å². The molecule has 0 radical (unpaired) electrons. The van der Waals surface area contributed by atoms with E-state index in [4.69, 9.17) is 35.4 Å². The predicted octanol–water partition coefficient (Wildman–Crippen LogP) is 5.97. The molecule has 2 amide bonds. The second-order valence-corrected chi connectivity index (χ2v) is 10.6. The number of carbonyl (C=O) groups is 3. The average molecular weight is 576 g/mol. The summed E-state index contributed by atoms with van der Waals surface area (Å²) in [6.07, 6.45) is 0.413. The molecule has 12 heteroatoms. The van der Waals surface area contributed by atoms with Crippen molar-refractivity contribution in [2.75, 3.05) is 0 Å². The summed E-state index contributed by atoms with van der Waals surface area (Å²) in [6, 6.07) is 11.2. The third-order valence-corrected chi connectivity index (χ3v) is 4.69. The predicted molar refractivity (Wildman–Crippen MR) is 148 cm³/mol. The molecule has 0 aromatic heterocycles. The van der Waals surface area contributed by atoms with Crippen LogP contribution in [-0.2, 0) is 25.5 Å². The summed E-state index contributed by atoms with van der Waals surface area (Å²) in [4.78, 5) is 57.6. The summed E-state index contributed by atoms with van der Waals surface area (Å²) in [5.41, 5.74) is 0.0786. The van der Waals surface area contributed by atoms with Crippen molar-refractivity contribution < 1.29 is 38.2 Å². The van der Waals surface area contributed by atoms with Gasteiger partial charge in [0.25, 0.3) is 0 Å². The summed E-state index contributed by atoms with van der Waals surface area (Å²) >= 11 is 6.27. The zero-order chi connectivity index (χ0) is 30.5. The third-order valence-electron chi connectivity index (χ3n) is 4.34. The van der Waals surface area contributed by atoms with Crippen LogP contribution < -0.4 is 15.4 Å². The molecule has 0 aliphatic heterocycles. The maximum Gasteiger partial charge on any atom is 0.414 e. The fourth-order valence-electron chi connectivity index (χ4n) is 2.92. The molecule has 2 rings (SSSR count). The molecule has 0 aliphatic carbocycles. The highest BCUT2D eigenvalue weighted by Gasteiger charge is 2.21. The molecule has 0 aliphatic rings. The Morgan fingerprint density at radius 1 is 0.875 bits per heavy atom. The first-order valence-corrected chi connectivity index (χ1v) is 12.6. The first kappa shape index (κ1) is 33.8. The monoisotopic (exact) mass is 575 g/mol. The molecule has 2 aromatic carbocycles. The van der Waals surface area contributed by atoms with Crippen LogP contribution in [0.2, 0.25) is 5.02 Å². The van der Waals surface area contributed by atoms with E-state index < -0.39 is 29.4 Å². The zero-order valence-electron chi connectivity index (χ0n) is 23.5. The summed E-state index contributed by atoms with van der Waals surface area (Å²) in [6.45, 7) is 12.3. The van der Waals surface area contributed by atoms with Crippen LogP contribution >= 0.6 is 11.6 Å². The van der Waals surface area contributed by atoms with Gasteiger partial charge in [0, 0.05) is 5.02 Å². The van der Waals surface area contributed by atoms with Crippen molar-refractivity contribution in [3.8, 4) is 5.75 Å². The van der Waals surface area contributed by atoms with E-state index in [2.05, 4.69) is 22.5 Å². The molecule has 0 spiro atoms. The summed E-state index contributed by atoms with van der Waals surface area (Å²) < 4.78 is 15.9. The summed E-state index contributed by atoms with van der Waals surface area (Å²) in [5.74, 6) is -0.447. The van der Waals surface area contributed by atoms with Crippen LogP contribution in [0.15, 0.2) is 47.5 Å². The van der Waals surface area contributed by atoms with Gasteiger partial charge < -0.3 is 14.2 Å². The number of aliphatic imine (C=N–C) groups is 1. The highest BCUT2D eigenvalue weighted by Crippen LogP contribution is 2.24. The normalized spacial score (nSPS) is 10.6. The van der Waals surface area contributed by atoms with Crippen molar-refractivity contribution in [2.24, 2.45) is 4.99 Å². The van der Waals surface area contributed by atoms with Crippen molar-refractivity contribution in [2.45, 2.75) is 72.5 Å². The standard InChI is InChI=1S/C27H34ClN3O6.CO2/c1-8-9-17-12-15-20(16-21(17)28)35-22(32)18-10-13-19(14-11-18)29-23(30-24(33)36-26(2,3)4)31-25(34)37-27(5,6)7;2-1-3/h10-16H,8-9H2,1-7H3,(H2,29,30,31,33,34);. The number of nitrogens with zero attached hydrogens (tertiary/aromatic N) is 1. The molecule has 2 N–H and O–H groups in total. The maximum absolute atomic E-state index is 12.6. The number of benzene rings is 2. The van der Waals surface area contributed by atoms with Crippen LogP contribution in [0.3, 0.4) is 0 Å². The smallest absolute Gasteiger partial charge is 0.414 e. The van der Waals surface area contributed by atoms with Gasteiger partial charge in [-0.25, -0.2) is 19.4 Å². The Hall–Kier alpha value is -4.21. The number of halogens is 1. The molecule has 2 aromatic rings. The number of carbonyl (C=O) groups excluding carboxylic acids is 5. The SMILES string of the molecule is CCCc1ccc(OC(=O)c2ccc(N=C(NC(=O)OC(C)(C)C)NC(=O)OC(C)(C)C)cc2)cc1Cl.O=C=O. The number of rotatable bonds is 5. The maximum atomic E-state index is 12.6. The van der Waals surface area contributed by atoms with Crippen molar-refractivity contribution in [3.05, 3.63) is 58.6 Å². The van der Waals surface area contributed by atoms with Gasteiger partial charge in [0.1, 0.15) is 17.0 Å². The van der Waals surface area contributed by atoms with E-state index in [1.165, 1.54) is 24.3 Å². The number of alkyl carbamates (subject to hydrolysis) is 2. The Morgan fingerprint density at radius 2 is 1.38 bits per heavy atom. The van der Waals surface area contributed by atoms with Crippen LogP contribution in [0.5, 0.6) is 5.75 Å². The molecule has 0 bridgehead atoms. The molecule has 0 saturated carbocycles. The van der Waals surface area contributed by atoms with Gasteiger partial charge in [0.15, 0.2) is 0 Å². The Labute approximate surface area is 238 Å². The lowest BCUT2D eigenvalue weighted by Gasteiger charge is -2.22. The van der Waals surface area contributed by atoms with Crippen LogP contribution in [0.4, 0.5) is 15.3 Å². The minimum absolute atomic E-state index is 0.208. The Balaban J connectivity index is 0.00000254. The molecule has 0 atom stereocenters. The topological polar surface area (TPSA) is 149 Å². The number of hydrogen-bond donors (Lipinski definition) is 2. The molecule has 11 nitrogen and oxygen atoms in total. The number of guanidine groups is 1. The molecular formula is C28H34ClN3O8. The van der Waals surface area contributed by atoms with Gasteiger partial charge in [-0.05, 0) is 89.9 Å². The average Bonchev–Trinajstić information content (AvgIpc) is 2.79. The van der Waals surface area contributed by atoms with Crippen LogP contribution in [0.1, 0.15) is 70.8 Å². The minimum atomic E-state index is -0.814. The van der Waals surface area contributed by atoms with Gasteiger partial charge in [-0.1, -0.05) is 31.0 Å². The molecule has 0 saturated heterocycles. The number of ether oxygens (including phenoxy) is 3. The lowest BCUT2D eigenvalue weighted by Crippen LogP contribution is -2.47. The lowest BCUT2D eigenvalue weighted by atomic mass is 10.1. The summed E-state index contributed by atoms with van der Waals surface area (Å²) in [7, 11) is 0. The number of amides is 2. The molecule has 0 fully saturated rings. The van der Waals surface area contributed by atoms with Crippen molar-refractivity contribution in [1.82, 2.24) is 10.6 Å². The first-order valence-electron chi connectivity index (χ1n) is 12.3. The van der Waals surface area contributed by atoms with Crippen LogP contribution in [-0.4, -0.2) is 41.5 Å². The number of aryl methyl sites for hydroxylation is 1. The Bertz CT molecular complexity index is 1210. The molecular weight excluding hydrogens is 542 g/mol.